The van der Waals surface area contributed by atoms with Crippen LogP contribution in [-0.4, -0.2) is 38.3 Å². The van der Waals surface area contributed by atoms with Gasteiger partial charge in [0.15, 0.2) is 0 Å². The van der Waals surface area contributed by atoms with Crippen molar-refractivity contribution in [1.29, 1.82) is 0 Å². The number of piperidine rings is 1. The Balaban J connectivity index is 2.09. The summed E-state index contributed by atoms with van der Waals surface area (Å²) in [5.41, 5.74) is 1.27. The molecule has 118 valence electrons. The van der Waals surface area contributed by atoms with Crippen LogP contribution in [0.5, 0.6) is 0 Å². The number of hydrogen-bond acceptors (Lipinski definition) is 4. The van der Waals surface area contributed by atoms with Crippen LogP contribution >= 0.6 is 15.9 Å². The maximum Gasteiger partial charge on any atom is 0.133 e. The summed E-state index contributed by atoms with van der Waals surface area (Å²) < 4.78 is 6.37. The number of ether oxygens (including phenoxy) is 1. The lowest BCUT2D eigenvalue weighted by atomic mass is 9.98. The number of hydrogen-bond donors (Lipinski definition) is 1. The largest absolute Gasteiger partial charge is 0.384 e. The Bertz CT molecular complexity index is 440. The lowest BCUT2D eigenvalue weighted by Crippen LogP contribution is -2.38. The smallest absolute Gasteiger partial charge is 0.133 e. The Hall–Kier alpha value is -0.650. The average Bonchev–Trinajstić information content (AvgIpc) is 2.48. The van der Waals surface area contributed by atoms with Crippen LogP contribution in [-0.2, 0) is 11.3 Å². The van der Waals surface area contributed by atoms with E-state index in [2.05, 4.69) is 44.1 Å². The van der Waals surface area contributed by atoms with Crippen molar-refractivity contribution in [2.75, 3.05) is 38.3 Å². The number of aromatic nitrogens is 1. The van der Waals surface area contributed by atoms with Crippen LogP contribution in [0, 0.1) is 5.92 Å². The zero-order valence-corrected chi connectivity index (χ0v) is 14.7. The van der Waals surface area contributed by atoms with Crippen LogP contribution in [0.2, 0.25) is 0 Å². The molecule has 0 amide bonds. The van der Waals surface area contributed by atoms with Crippen molar-refractivity contribution in [2.24, 2.45) is 5.92 Å². The van der Waals surface area contributed by atoms with Crippen molar-refractivity contribution in [1.82, 2.24) is 10.3 Å². The summed E-state index contributed by atoms with van der Waals surface area (Å²) in [4.78, 5) is 7.09. The minimum atomic E-state index is 0.616. The van der Waals surface area contributed by atoms with E-state index in [0.717, 1.165) is 49.5 Å². The Labute approximate surface area is 136 Å². The standard InChI is InChI=1S/C16H26BrN3O/c1-3-6-18-9-14-8-15(17)10-19-16(14)20-7-4-5-13(11-20)12-21-2/h8,10,13,18H,3-7,9,11-12H2,1-2H3. The van der Waals surface area contributed by atoms with Gasteiger partial charge >= 0.3 is 0 Å². The molecule has 1 fully saturated rings. The van der Waals surface area contributed by atoms with Gasteiger partial charge in [0.2, 0.25) is 0 Å². The van der Waals surface area contributed by atoms with Gasteiger partial charge in [-0.25, -0.2) is 4.98 Å². The maximum atomic E-state index is 5.33. The topological polar surface area (TPSA) is 37.4 Å². The fourth-order valence-electron chi connectivity index (χ4n) is 2.92. The summed E-state index contributed by atoms with van der Waals surface area (Å²) in [5.74, 6) is 1.74. The summed E-state index contributed by atoms with van der Waals surface area (Å²) in [5, 5.41) is 3.48. The molecule has 2 rings (SSSR count). The van der Waals surface area contributed by atoms with Gasteiger partial charge in [-0.05, 0) is 53.7 Å². The molecule has 0 aromatic carbocycles. The van der Waals surface area contributed by atoms with Gasteiger partial charge in [-0.3, -0.25) is 0 Å². The van der Waals surface area contributed by atoms with Crippen molar-refractivity contribution < 1.29 is 4.74 Å². The van der Waals surface area contributed by atoms with Crippen LogP contribution in [0.1, 0.15) is 31.7 Å². The van der Waals surface area contributed by atoms with E-state index in [4.69, 9.17) is 4.74 Å². The van der Waals surface area contributed by atoms with Crippen molar-refractivity contribution in [3.8, 4) is 0 Å². The highest BCUT2D eigenvalue weighted by molar-refractivity contribution is 9.10. The van der Waals surface area contributed by atoms with Gasteiger partial charge in [-0.2, -0.15) is 0 Å². The molecule has 1 unspecified atom stereocenters. The molecule has 2 heterocycles. The fourth-order valence-corrected chi connectivity index (χ4v) is 3.30. The predicted molar refractivity (Wildman–Crippen MR) is 90.7 cm³/mol. The van der Waals surface area contributed by atoms with Gasteiger partial charge in [0.25, 0.3) is 0 Å². The number of rotatable bonds is 7. The van der Waals surface area contributed by atoms with Gasteiger partial charge in [-0.1, -0.05) is 6.92 Å². The highest BCUT2D eigenvalue weighted by atomic mass is 79.9. The highest BCUT2D eigenvalue weighted by Gasteiger charge is 2.22. The van der Waals surface area contributed by atoms with E-state index in [1.807, 2.05) is 6.20 Å². The predicted octanol–water partition coefficient (Wildman–Crippen LogP) is 3.21. The summed E-state index contributed by atoms with van der Waals surface area (Å²) in [6.45, 7) is 7.09. The Morgan fingerprint density at radius 3 is 3.14 bits per heavy atom. The zero-order valence-electron chi connectivity index (χ0n) is 13.1. The van der Waals surface area contributed by atoms with Crippen LogP contribution < -0.4 is 10.2 Å². The van der Waals surface area contributed by atoms with Crippen LogP contribution in [0.4, 0.5) is 5.82 Å². The maximum absolute atomic E-state index is 5.33. The number of nitrogens with zero attached hydrogens (tertiary/aromatic N) is 2. The molecule has 5 heteroatoms. The summed E-state index contributed by atoms with van der Waals surface area (Å²) in [7, 11) is 1.79. The van der Waals surface area contributed by atoms with Crippen molar-refractivity contribution in [3.05, 3.63) is 22.3 Å². The second kappa shape index (κ2) is 8.71. The molecule has 1 aromatic heterocycles. The van der Waals surface area contributed by atoms with E-state index < -0.39 is 0 Å². The van der Waals surface area contributed by atoms with Gasteiger partial charge in [-0.15, -0.1) is 0 Å². The normalized spacial score (nSPS) is 19.0. The average molecular weight is 356 g/mol. The highest BCUT2D eigenvalue weighted by Crippen LogP contribution is 2.26. The molecule has 0 spiro atoms. The van der Waals surface area contributed by atoms with Gasteiger partial charge in [0.1, 0.15) is 5.82 Å². The Morgan fingerprint density at radius 2 is 2.38 bits per heavy atom. The first kappa shape index (κ1) is 16.7. The second-order valence-corrected chi connectivity index (χ2v) is 6.64. The minimum Gasteiger partial charge on any atom is -0.384 e. The molecule has 1 aliphatic rings. The molecular weight excluding hydrogens is 330 g/mol. The molecule has 1 atom stereocenters. The van der Waals surface area contributed by atoms with Crippen molar-refractivity contribution in [2.45, 2.75) is 32.7 Å². The van der Waals surface area contributed by atoms with Crippen molar-refractivity contribution in [3.63, 3.8) is 0 Å². The van der Waals surface area contributed by atoms with Gasteiger partial charge < -0.3 is 15.0 Å². The molecule has 21 heavy (non-hydrogen) atoms. The van der Waals surface area contributed by atoms with E-state index in [0.29, 0.717) is 5.92 Å². The first-order valence-electron chi connectivity index (χ1n) is 7.83. The molecule has 0 saturated carbocycles. The van der Waals surface area contributed by atoms with E-state index >= 15 is 0 Å². The minimum absolute atomic E-state index is 0.616. The van der Waals surface area contributed by atoms with Gasteiger partial charge in [0.05, 0.1) is 6.61 Å². The number of halogens is 1. The van der Waals surface area contributed by atoms with Crippen LogP contribution in [0.25, 0.3) is 0 Å². The third-order valence-corrected chi connectivity index (χ3v) is 4.31. The Kier molecular flexibility index (Phi) is 6.93. The number of nitrogens with one attached hydrogen (secondary N) is 1. The van der Waals surface area contributed by atoms with E-state index in [-0.39, 0.29) is 0 Å². The third kappa shape index (κ3) is 4.94. The number of methoxy groups -OCH3 is 1. The Morgan fingerprint density at radius 1 is 1.52 bits per heavy atom. The zero-order chi connectivity index (χ0) is 15.1. The third-order valence-electron chi connectivity index (χ3n) is 3.87. The molecular formula is C16H26BrN3O. The molecule has 1 N–H and O–H groups in total. The molecule has 0 bridgehead atoms. The molecule has 1 saturated heterocycles. The molecule has 0 aliphatic carbocycles. The first-order valence-corrected chi connectivity index (χ1v) is 8.63. The number of anilines is 1. The lowest BCUT2D eigenvalue weighted by molar-refractivity contribution is 0.143. The monoisotopic (exact) mass is 355 g/mol. The van der Waals surface area contributed by atoms with Crippen LogP contribution in [0.15, 0.2) is 16.7 Å². The molecule has 1 aromatic rings. The SMILES string of the molecule is CCCNCc1cc(Br)cnc1N1CCCC(COC)C1. The lowest BCUT2D eigenvalue weighted by Gasteiger charge is -2.34. The summed E-state index contributed by atoms with van der Waals surface area (Å²) in [6.07, 6.45) is 5.52. The summed E-state index contributed by atoms with van der Waals surface area (Å²) in [6, 6.07) is 2.19. The second-order valence-electron chi connectivity index (χ2n) is 5.72. The molecule has 4 nitrogen and oxygen atoms in total. The summed E-state index contributed by atoms with van der Waals surface area (Å²) >= 11 is 3.54. The van der Waals surface area contributed by atoms with E-state index in [1.165, 1.54) is 18.4 Å². The van der Waals surface area contributed by atoms with Gasteiger partial charge in [0, 0.05) is 43.0 Å². The first-order chi connectivity index (χ1) is 10.2. The fraction of sp³-hybridized carbons (Fsp3) is 0.688. The van der Waals surface area contributed by atoms with Crippen LogP contribution in [0.3, 0.4) is 0 Å². The van der Waals surface area contributed by atoms with Crippen molar-refractivity contribution >= 4 is 21.7 Å². The molecule has 0 radical (unpaired) electrons. The van der Waals surface area contributed by atoms with E-state index in [1.54, 1.807) is 7.11 Å². The van der Waals surface area contributed by atoms with E-state index in [9.17, 15) is 0 Å². The quantitative estimate of drug-likeness (QED) is 0.762. The number of pyridine rings is 1. The molecule has 1 aliphatic heterocycles.